The van der Waals surface area contributed by atoms with Crippen LogP contribution in [-0.4, -0.2) is 12.4 Å². The standard InChI is InChI=1S/C33H34ClN/c1-32(2,28-17-11-14-24-12-5-7-15-26(24)28)21-10-9-18-30-33(3,4)31-27-16-8-6-13-25(27)19-20-29(31)35(30)23-22-34/h5-20H,21-23H2,1-4H3/b10-9+,30-18+. The Labute approximate surface area is 214 Å². The maximum atomic E-state index is 6.27. The van der Waals surface area contributed by atoms with Gasteiger partial charge in [-0.15, -0.1) is 11.6 Å². The van der Waals surface area contributed by atoms with Crippen molar-refractivity contribution in [3.63, 3.8) is 0 Å². The van der Waals surface area contributed by atoms with Gasteiger partial charge in [0.2, 0.25) is 0 Å². The third-order valence-electron chi connectivity index (χ3n) is 7.60. The molecule has 0 aliphatic carbocycles. The quantitative estimate of drug-likeness (QED) is 0.249. The summed E-state index contributed by atoms with van der Waals surface area (Å²) in [4.78, 5) is 2.41. The molecule has 4 aromatic rings. The Kier molecular flexibility index (Phi) is 6.23. The molecule has 0 spiro atoms. The largest absolute Gasteiger partial charge is 0.343 e. The van der Waals surface area contributed by atoms with Gasteiger partial charge in [-0.2, -0.15) is 0 Å². The van der Waals surface area contributed by atoms with Gasteiger partial charge in [0, 0.05) is 29.2 Å². The highest BCUT2D eigenvalue weighted by Crippen LogP contribution is 2.50. The molecule has 0 fully saturated rings. The van der Waals surface area contributed by atoms with Gasteiger partial charge >= 0.3 is 0 Å². The van der Waals surface area contributed by atoms with Gasteiger partial charge < -0.3 is 4.90 Å². The Morgan fingerprint density at radius 3 is 2.23 bits per heavy atom. The Balaban J connectivity index is 1.47. The van der Waals surface area contributed by atoms with E-state index in [-0.39, 0.29) is 10.8 Å². The van der Waals surface area contributed by atoms with E-state index in [9.17, 15) is 0 Å². The van der Waals surface area contributed by atoms with Crippen molar-refractivity contribution in [3.05, 3.63) is 114 Å². The lowest BCUT2D eigenvalue weighted by atomic mass is 9.79. The Hall–Kier alpha value is -3.03. The number of nitrogens with zero attached hydrogens (tertiary/aromatic N) is 1. The molecule has 1 nitrogen and oxygen atoms in total. The summed E-state index contributed by atoms with van der Waals surface area (Å²) in [5.41, 5.74) is 5.33. The first-order valence-corrected chi connectivity index (χ1v) is 13.1. The van der Waals surface area contributed by atoms with Crippen LogP contribution in [0, 0.1) is 0 Å². The summed E-state index contributed by atoms with van der Waals surface area (Å²) in [5, 5.41) is 5.27. The summed E-state index contributed by atoms with van der Waals surface area (Å²) in [6, 6.07) is 28.5. The molecule has 0 saturated heterocycles. The zero-order valence-electron chi connectivity index (χ0n) is 21.2. The number of hydrogen-bond acceptors (Lipinski definition) is 1. The highest BCUT2D eigenvalue weighted by molar-refractivity contribution is 6.18. The van der Waals surface area contributed by atoms with E-state index >= 15 is 0 Å². The second-order valence-electron chi connectivity index (χ2n) is 10.7. The molecule has 1 aliphatic heterocycles. The van der Waals surface area contributed by atoms with E-state index in [1.54, 1.807) is 0 Å². The topological polar surface area (TPSA) is 3.24 Å². The first kappa shape index (κ1) is 23.7. The smallest absolute Gasteiger partial charge is 0.0457 e. The summed E-state index contributed by atoms with van der Waals surface area (Å²) in [7, 11) is 0. The van der Waals surface area contributed by atoms with Crippen molar-refractivity contribution >= 4 is 38.8 Å². The van der Waals surface area contributed by atoms with Crippen molar-refractivity contribution in [2.45, 2.75) is 44.9 Å². The lowest BCUT2D eigenvalue weighted by Crippen LogP contribution is -2.27. The van der Waals surface area contributed by atoms with Gasteiger partial charge in [0.05, 0.1) is 0 Å². The number of fused-ring (bicyclic) bond motifs is 4. The Morgan fingerprint density at radius 2 is 1.49 bits per heavy atom. The lowest BCUT2D eigenvalue weighted by Gasteiger charge is -2.27. The van der Waals surface area contributed by atoms with Gasteiger partial charge in [-0.05, 0) is 56.6 Å². The zero-order valence-corrected chi connectivity index (χ0v) is 21.9. The fourth-order valence-corrected chi connectivity index (χ4v) is 5.98. The molecule has 0 N–H and O–H groups in total. The van der Waals surface area contributed by atoms with Gasteiger partial charge in [-0.1, -0.05) is 113 Å². The highest BCUT2D eigenvalue weighted by atomic mass is 35.5. The third kappa shape index (κ3) is 4.17. The third-order valence-corrected chi connectivity index (χ3v) is 7.77. The molecule has 0 aromatic heterocycles. The van der Waals surface area contributed by atoms with E-state index in [0.717, 1.165) is 13.0 Å². The predicted octanol–water partition coefficient (Wildman–Crippen LogP) is 9.14. The molecule has 178 valence electrons. The first-order chi connectivity index (χ1) is 16.8. The van der Waals surface area contributed by atoms with Gasteiger partial charge in [-0.3, -0.25) is 0 Å². The summed E-state index contributed by atoms with van der Waals surface area (Å²) >= 11 is 6.27. The number of benzene rings is 4. The van der Waals surface area contributed by atoms with Crippen LogP contribution >= 0.6 is 11.6 Å². The summed E-state index contributed by atoms with van der Waals surface area (Å²) in [6.07, 6.45) is 7.85. The fourth-order valence-electron chi connectivity index (χ4n) is 5.81. The van der Waals surface area contributed by atoms with E-state index in [4.69, 9.17) is 11.6 Å². The van der Waals surface area contributed by atoms with Crippen molar-refractivity contribution in [2.24, 2.45) is 0 Å². The van der Waals surface area contributed by atoms with Crippen LogP contribution in [0.3, 0.4) is 0 Å². The Bertz CT molecular complexity index is 1430. The van der Waals surface area contributed by atoms with E-state index in [1.807, 2.05) is 0 Å². The minimum absolute atomic E-state index is 0.0378. The minimum atomic E-state index is -0.0995. The average molecular weight is 480 g/mol. The summed E-state index contributed by atoms with van der Waals surface area (Å²) in [6.45, 7) is 10.2. The number of anilines is 1. The van der Waals surface area contributed by atoms with Crippen LogP contribution in [-0.2, 0) is 10.8 Å². The van der Waals surface area contributed by atoms with Gasteiger partial charge in [0.1, 0.15) is 0 Å². The molecule has 0 amide bonds. The molecule has 0 radical (unpaired) electrons. The lowest BCUT2D eigenvalue weighted by molar-refractivity contribution is 0.539. The molecule has 5 rings (SSSR count). The molecule has 0 unspecified atom stereocenters. The highest BCUT2D eigenvalue weighted by Gasteiger charge is 2.40. The molecular formula is C33H34ClN. The van der Waals surface area contributed by atoms with Crippen LogP contribution in [0.2, 0.25) is 0 Å². The number of halogens is 1. The average Bonchev–Trinajstić information content (AvgIpc) is 3.07. The minimum Gasteiger partial charge on any atom is -0.343 e. The van der Waals surface area contributed by atoms with Crippen molar-refractivity contribution < 1.29 is 0 Å². The number of hydrogen-bond donors (Lipinski definition) is 0. The van der Waals surface area contributed by atoms with Crippen molar-refractivity contribution in [1.29, 1.82) is 0 Å². The van der Waals surface area contributed by atoms with Crippen LogP contribution < -0.4 is 4.90 Å². The monoisotopic (exact) mass is 479 g/mol. The van der Waals surface area contributed by atoms with Crippen LogP contribution in [0.4, 0.5) is 5.69 Å². The van der Waals surface area contributed by atoms with Gasteiger partial charge in [0.25, 0.3) is 0 Å². The van der Waals surface area contributed by atoms with E-state index in [0.29, 0.717) is 5.88 Å². The molecule has 0 bridgehead atoms. The Morgan fingerprint density at radius 1 is 0.829 bits per heavy atom. The maximum absolute atomic E-state index is 6.27. The molecule has 2 heteroatoms. The van der Waals surface area contributed by atoms with Crippen LogP contribution in [0.25, 0.3) is 21.5 Å². The van der Waals surface area contributed by atoms with Crippen molar-refractivity contribution in [1.82, 2.24) is 0 Å². The second-order valence-corrected chi connectivity index (χ2v) is 11.1. The van der Waals surface area contributed by atoms with Gasteiger partial charge in [-0.25, -0.2) is 0 Å². The molecule has 35 heavy (non-hydrogen) atoms. The van der Waals surface area contributed by atoms with Gasteiger partial charge in [0.15, 0.2) is 0 Å². The van der Waals surface area contributed by atoms with E-state index in [2.05, 4.69) is 130 Å². The summed E-state index contributed by atoms with van der Waals surface area (Å²) in [5.74, 6) is 0.595. The number of rotatable bonds is 6. The summed E-state index contributed by atoms with van der Waals surface area (Å²) < 4.78 is 0. The molecular weight excluding hydrogens is 446 g/mol. The van der Waals surface area contributed by atoms with E-state index in [1.165, 1.54) is 44.1 Å². The van der Waals surface area contributed by atoms with Crippen LogP contribution in [0.5, 0.6) is 0 Å². The van der Waals surface area contributed by atoms with Crippen LogP contribution in [0.15, 0.2) is 103 Å². The van der Waals surface area contributed by atoms with E-state index < -0.39 is 0 Å². The molecule has 1 aliphatic rings. The first-order valence-electron chi connectivity index (χ1n) is 12.6. The van der Waals surface area contributed by atoms with Crippen molar-refractivity contribution in [2.75, 3.05) is 17.3 Å². The second kappa shape index (κ2) is 9.21. The molecule has 1 heterocycles. The SMILES string of the molecule is CC(C)(C/C=C/C=C1/N(CCCl)c2ccc3ccccc3c2C1(C)C)c1cccc2ccccc12. The zero-order chi connectivity index (χ0) is 24.6. The number of allylic oxidation sites excluding steroid dienone is 4. The van der Waals surface area contributed by atoms with Crippen LogP contribution in [0.1, 0.15) is 45.2 Å². The molecule has 0 saturated carbocycles. The predicted molar refractivity (Wildman–Crippen MR) is 154 cm³/mol. The molecule has 4 aromatic carbocycles. The number of alkyl halides is 1. The fraction of sp³-hybridized carbons (Fsp3) is 0.273. The molecule has 0 atom stereocenters. The maximum Gasteiger partial charge on any atom is 0.0457 e. The normalized spacial score (nSPS) is 16.6. The van der Waals surface area contributed by atoms with Crippen molar-refractivity contribution in [3.8, 4) is 0 Å².